The summed E-state index contributed by atoms with van der Waals surface area (Å²) in [6.07, 6.45) is -3.04. The van der Waals surface area contributed by atoms with Gasteiger partial charge in [-0.05, 0) is 6.42 Å². The van der Waals surface area contributed by atoms with Crippen molar-refractivity contribution in [2.24, 2.45) is 0 Å². The van der Waals surface area contributed by atoms with Crippen molar-refractivity contribution < 1.29 is 29.6 Å². The van der Waals surface area contributed by atoms with Gasteiger partial charge >= 0.3 is 5.97 Å². The van der Waals surface area contributed by atoms with Gasteiger partial charge in [-0.15, -0.1) is 0 Å². The Morgan fingerprint density at radius 1 is 1.50 bits per heavy atom. The Balaban J connectivity index is 2.47. The first kappa shape index (κ1) is 13.4. The van der Waals surface area contributed by atoms with Crippen molar-refractivity contribution in [3.8, 4) is 0 Å². The average molecular weight is 234 g/mol. The topological polar surface area (TPSA) is 96.2 Å². The Labute approximate surface area is 93.8 Å². The van der Waals surface area contributed by atoms with E-state index in [1.165, 1.54) is 0 Å². The molecule has 0 radical (unpaired) electrons. The molecule has 0 saturated carbocycles. The monoisotopic (exact) mass is 234 g/mol. The van der Waals surface area contributed by atoms with Crippen LogP contribution in [0.25, 0.3) is 0 Å². The molecule has 0 amide bonds. The number of hydrogen-bond acceptors (Lipinski definition) is 6. The van der Waals surface area contributed by atoms with Crippen LogP contribution in [-0.4, -0.2) is 52.5 Å². The largest absolute Gasteiger partial charge is 0.436 e. The average Bonchev–Trinajstić information content (AvgIpc) is 2.23. The van der Waals surface area contributed by atoms with Gasteiger partial charge in [-0.25, -0.2) is 0 Å². The molecule has 3 N–H and O–H groups in total. The summed E-state index contributed by atoms with van der Waals surface area (Å²) < 4.78 is 10.1. The third-order valence-corrected chi connectivity index (χ3v) is 2.43. The van der Waals surface area contributed by atoms with Crippen molar-refractivity contribution in [3.05, 3.63) is 0 Å². The van der Waals surface area contributed by atoms with Gasteiger partial charge in [0, 0.05) is 12.8 Å². The lowest BCUT2D eigenvalue weighted by Gasteiger charge is -2.35. The predicted octanol–water partition coefficient (Wildman–Crippen LogP) is -0.841. The summed E-state index contributed by atoms with van der Waals surface area (Å²) in [6, 6.07) is 0. The van der Waals surface area contributed by atoms with E-state index in [0.29, 0.717) is 6.42 Å². The second-order valence-electron chi connectivity index (χ2n) is 3.82. The van der Waals surface area contributed by atoms with E-state index in [-0.39, 0.29) is 12.8 Å². The molecular weight excluding hydrogens is 216 g/mol. The molecule has 0 aromatic rings. The molecule has 0 bridgehead atoms. The molecule has 0 aromatic carbocycles. The third kappa shape index (κ3) is 3.41. The van der Waals surface area contributed by atoms with Gasteiger partial charge in [0.15, 0.2) is 0 Å². The van der Waals surface area contributed by atoms with E-state index < -0.39 is 37.2 Å². The van der Waals surface area contributed by atoms with Crippen LogP contribution in [0.2, 0.25) is 0 Å². The summed E-state index contributed by atoms with van der Waals surface area (Å²) in [6.45, 7) is 1.41. The van der Waals surface area contributed by atoms with E-state index in [1.54, 1.807) is 0 Å². The maximum absolute atomic E-state index is 11.2. The van der Waals surface area contributed by atoms with Crippen LogP contribution >= 0.6 is 0 Å². The molecule has 1 fully saturated rings. The fourth-order valence-electron chi connectivity index (χ4n) is 1.55. The Morgan fingerprint density at radius 2 is 2.19 bits per heavy atom. The van der Waals surface area contributed by atoms with Gasteiger partial charge in [-0.2, -0.15) is 0 Å². The van der Waals surface area contributed by atoms with Crippen LogP contribution in [0.1, 0.15) is 26.2 Å². The number of hydrogen-bond donors (Lipinski definition) is 3. The van der Waals surface area contributed by atoms with Gasteiger partial charge in [0.1, 0.15) is 12.2 Å². The van der Waals surface area contributed by atoms with Crippen molar-refractivity contribution in [1.29, 1.82) is 0 Å². The number of rotatable bonds is 4. The second kappa shape index (κ2) is 6.15. The summed E-state index contributed by atoms with van der Waals surface area (Å²) in [5.41, 5.74) is 0. The van der Waals surface area contributed by atoms with E-state index in [1.807, 2.05) is 6.92 Å². The molecule has 0 aliphatic carbocycles. The van der Waals surface area contributed by atoms with E-state index in [2.05, 4.69) is 0 Å². The van der Waals surface area contributed by atoms with Crippen molar-refractivity contribution in [3.63, 3.8) is 0 Å². The molecule has 0 unspecified atom stereocenters. The van der Waals surface area contributed by atoms with Crippen LogP contribution in [0.15, 0.2) is 0 Å². The molecule has 1 heterocycles. The van der Waals surface area contributed by atoms with Crippen LogP contribution in [-0.2, 0) is 14.3 Å². The molecule has 1 saturated heterocycles. The fourth-order valence-corrected chi connectivity index (χ4v) is 1.55. The Hall–Kier alpha value is -0.690. The van der Waals surface area contributed by atoms with E-state index in [9.17, 15) is 15.0 Å². The van der Waals surface area contributed by atoms with Crippen molar-refractivity contribution in [1.82, 2.24) is 0 Å². The zero-order valence-corrected chi connectivity index (χ0v) is 9.20. The lowest BCUT2D eigenvalue weighted by atomic mass is 10.0. The molecule has 1 aliphatic heterocycles. The van der Waals surface area contributed by atoms with Crippen LogP contribution in [0.5, 0.6) is 0 Å². The van der Waals surface area contributed by atoms with Crippen molar-refractivity contribution in [2.45, 2.75) is 50.8 Å². The SMILES string of the molecule is CCCC(=O)O[C@@H]1C[C@@H](O)[C@H](O)[C@@H](CO)O1. The Bertz CT molecular complexity index is 231. The molecule has 1 rings (SSSR count). The van der Waals surface area contributed by atoms with Gasteiger partial charge in [0.2, 0.25) is 6.29 Å². The van der Waals surface area contributed by atoms with Gasteiger partial charge in [0.25, 0.3) is 0 Å². The fraction of sp³-hybridized carbons (Fsp3) is 0.900. The normalized spacial score (nSPS) is 34.8. The Morgan fingerprint density at radius 3 is 2.75 bits per heavy atom. The van der Waals surface area contributed by atoms with Gasteiger partial charge in [-0.3, -0.25) is 4.79 Å². The lowest BCUT2D eigenvalue weighted by Crippen LogP contribution is -2.50. The summed E-state index contributed by atoms with van der Waals surface area (Å²) in [4.78, 5) is 11.2. The van der Waals surface area contributed by atoms with Crippen molar-refractivity contribution in [2.75, 3.05) is 6.61 Å². The molecule has 6 nitrogen and oxygen atoms in total. The maximum atomic E-state index is 11.2. The standard InChI is InChI=1S/C10H18O6/c1-2-3-8(13)16-9-4-6(12)10(14)7(5-11)15-9/h6-7,9-12,14H,2-5H2,1H3/t6-,7-,9-,10+/m1/s1. The minimum Gasteiger partial charge on any atom is -0.436 e. The minimum atomic E-state index is -1.15. The van der Waals surface area contributed by atoms with Gasteiger partial charge in [-0.1, -0.05) is 6.92 Å². The number of esters is 1. The summed E-state index contributed by atoms with van der Waals surface area (Å²) in [5.74, 6) is -0.409. The first-order valence-electron chi connectivity index (χ1n) is 5.40. The zero-order chi connectivity index (χ0) is 12.1. The molecule has 0 spiro atoms. The number of aliphatic hydroxyl groups is 3. The first-order chi connectivity index (χ1) is 7.58. The second-order valence-corrected chi connectivity index (χ2v) is 3.82. The highest BCUT2D eigenvalue weighted by molar-refractivity contribution is 5.69. The number of ether oxygens (including phenoxy) is 2. The summed E-state index contributed by atoms with van der Waals surface area (Å²) >= 11 is 0. The third-order valence-electron chi connectivity index (χ3n) is 2.43. The van der Waals surface area contributed by atoms with Crippen LogP contribution in [0.3, 0.4) is 0 Å². The molecule has 4 atom stereocenters. The van der Waals surface area contributed by atoms with Crippen LogP contribution in [0.4, 0.5) is 0 Å². The summed E-state index contributed by atoms with van der Waals surface area (Å²) in [7, 11) is 0. The zero-order valence-electron chi connectivity index (χ0n) is 9.20. The highest BCUT2D eigenvalue weighted by Gasteiger charge is 2.37. The molecule has 0 aromatic heterocycles. The van der Waals surface area contributed by atoms with Crippen molar-refractivity contribution >= 4 is 5.97 Å². The highest BCUT2D eigenvalue weighted by atomic mass is 16.7. The quantitative estimate of drug-likeness (QED) is 0.549. The van der Waals surface area contributed by atoms with Gasteiger partial charge in [0.05, 0.1) is 12.7 Å². The van der Waals surface area contributed by atoms with Crippen LogP contribution < -0.4 is 0 Å². The molecule has 6 heteroatoms. The predicted molar refractivity (Wildman–Crippen MR) is 53.4 cm³/mol. The Kier molecular flexibility index (Phi) is 5.14. The van der Waals surface area contributed by atoms with Gasteiger partial charge < -0.3 is 24.8 Å². The molecule has 16 heavy (non-hydrogen) atoms. The van der Waals surface area contributed by atoms with E-state index in [0.717, 1.165) is 0 Å². The first-order valence-corrected chi connectivity index (χ1v) is 5.40. The lowest BCUT2D eigenvalue weighted by molar-refractivity contribution is -0.251. The highest BCUT2D eigenvalue weighted by Crippen LogP contribution is 2.21. The number of aliphatic hydroxyl groups excluding tert-OH is 3. The molecule has 94 valence electrons. The summed E-state index contributed by atoms with van der Waals surface area (Å²) in [5, 5.41) is 27.8. The molecule has 1 aliphatic rings. The molecular formula is C10H18O6. The minimum absolute atomic E-state index is 0.0210. The number of carbonyl (C=O) groups is 1. The van der Waals surface area contributed by atoms with E-state index in [4.69, 9.17) is 14.6 Å². The number of carbonyl (C=O) groups excluding carboxylic acids is 1. The van der Waals surface area contributed by atoms with Crippen LogP contribution in [0, 0.1) is 0 Å². The smallest absolute Gasteiger partial charge is 0.308 e. The maximum Gasteiger partial charge on any atom is 0.308 e. The van der Waals surface area contributed by atoms with E-state index >= 15 is 0 Å².